The lowest BCUT2D eigenvalue weighted by Crippen LogP contribution is -2.05. The van der Waals surface area contributed by atoms with Gasteiger partial charge in [0.1, 0.15) is 29.0 Å². The third-order valence-electron chi connectivity index (χ3n) is 3.02. The monoisotopic (exact) mass is 318 g/mol. The summed E-state index contributed by atoms with van der Waals surface area (Å²) in [5.74, 6) is -3.28. The van der Waals surface area contributed by atoms with Crippen LogP contribution in [0.4, 0.5) is 17.6 Å². The Morgan fingerprint density at radius 2 is 1.62 bits per heavy atom. The molecule has 1 nitrogen and oxygen atoms in total. The number of rotatable bonds is 4. The fraction of sp³-hybridized carbons (Fsp3) is 0.200. The summed E-state index contributed by atoms with van der Waals surface area (Å²) in [5.41, 5.74) is -0.299. The molecule has 0 heterocycles. The standard InChI is InChI=1S/C15H11ClF4O/c1-21-10-6-13(19)15(14(20)7-10)11(16)4-8-2-3-9(17)5-12(8)18/h2-3,5-7,11H,4H2,1H3. The van der Waals surface area contributed by atoms with E-state index >= 15 is 0 Å². The van der Waals surface area contributed by atoms with Gasteiger partial charge in [-0.2, -0.15) is 0 Å². The van der Waals surface area contributed by atoms with E-state index in [9.17, 15) is 17.6 Å². The SMILES string of the molecule is COc1cc(F)c(C(Cl)Cc2ccc(F)cc2F)c(F)c1. The second kappa shape index (κ2) is 6.35. The van der Waals surface area contributed by atoms with Crippen LogP contribution in [0.3, 0.4) is 0 Å². The van der Waals surface area contributed by atoms with Crippen LogP contribution in [0.25, 0.3) is 0 Å². The summed E-state index contributed by atoms with van der Waals surface area (Å²) in [7, 11) is 1.28. The molecule has 0 aliphatic heterocycles. The molecule has 1 unspecified atom stereocenters. The Kier molecular flexibility index (Phi) is 4.73. The molecule has 2 aromatic rings. The molecule has 2 aromatic carbocycles. The third-order valence-corrected chi connectivity index (χ3v) is 3.39. The normalized spacial score (nSPS) is 12.3. The van der Waals surface area contributed by atoms with Gasteiger partial charge in [-0.05, 0) is 18.1 Å². The molecule has 6 heteroatoms. The highest BCUT2D eigenvalue weighted by Crippen LogP contribution is 2.32. The van der Waals surface area contributed by atoms with Crippen molar-refractivity contribution < 1.29 is 22.3 Å². The van der Waals surface area contributed by atoms with Crippen molar-refractivity contribution >= 4 is 11.6 Å². The molecule has 0 saturated carbocycles. The van der Waals surface area contributed by atoms with Gasteiger partial charge in [-0.1, -0.05) is 6.07 Å². The van der Waals surface area contributed by atoms with Gasteiger partial charge < -0.3 is 4.74 Å². The van der Waals surface area contributed by atoms with Crippen LogP contribution in [0, 0.1) is 23.3 Å². The molecule has 0 radical (unpaired) electrons. The second-order valence-electron chi connectivity index (χ2n) is 4.41. The van der Waals surface area contributed by atoms with Crippen LogP contribution >= 0.6 is 11.6 Å². The summed E-state index contributed by atoms with van der Waals surface area (Å²) >= 11 is 5.98. The highest BCUT2D eigenvalue weighted by molar-refractivity contribution is 6.21. The van der Waals surface area contributed by atoms with Gasteiger partial charge in [0.25, 0.3) is 0 Å². The van der Waals surface area contributed by atoms with E-state index in [0.717, 1.165) is 18.2 Å². The van der Waals surface area contributed by atoms with Crippen molar-refractivity contribution in [3.63, 3.8) is 0 Å². The van der Waals surface area contributed by atoms with Crippen LogP contribution in [0.15, 0.2) is 30.3 Å². The zero-order valence-electron chi connectivity index (χ0n) is 11.0. The van der Waals surface area contributed by atoms with Gasteiger partial charge in [0.2, 0.25) is 0 Å². The van der Waals surface area contributed by atoms with Crippen LogP contribution in [0.1, 0.15) is 16.5 Å². The molecular weight excluding hydrogens is 308 g/mol. The van der Waals surface area contributed by atoms with Gasteiger partial charge in [-0.15, -0.1) is 11.6 Å². The molecule has 0 fully saturated rings. The molecule has 0 spiro atoms. The van der Waals surface area contributed by atoms with E-state index in [1.165, 1.54) is 13.2 Å². The third kappa shape index (κ3) is 3.47. The molecule has 0 amide bonds. The first-order valence-corrected chi connectivity index (χ1v) is 6.47. The molecule has 0 aliphatic carbocycles. The van der Waals surface area contributed by atoms with Crippen molar-refractivity contribution in [2.75, 3.05) is 7.11 Å². The lowest BCUT2D eigenvalue weighted by Gasteiger charge is -2.14. The molecule has 0 aromatic heterocycles. The predicted molar refractivity (Wildman–Crippen MR) is 71.6 cm³/mol. The molecule has 1 atom stereocenters. The smallest absolute Gasteiger partial charge is 0.134 e. The van der Waals surface area contributed by atoms with Crippen LogP contribution in [-0.2, 0) is 6.42 Å². The summed E-state index contributed by atoms with van der Waals surface area (Å²) in [6.07, 6.45) is -0.173. The summed E-state index contributed by atoms with van der Waals surface area (Å²) in [6, 6.07) is 4.94. The largest absolute Gasteiger partial charge is 0.497 e. The fourth-order valence-corrected chi connectivity index (χ4v) is 2.34. The van der Waals surface area contributed by atoms with Gasteiger partial charge >= 0.3 is 0 Å². The maximum Gasteiger partial charge on any atom is 0.134 e. The molecular formula is C15H11ClF4O. The van der Waals surface area contributed by atoms with Crippen LogP contribution in [0.5, 0.6) is 5.75 Å². The van der Waals surface area contributed by atoms with Crippen molar-refractivity contribution in [2.45, 2.75) is 11.8 Å². The van der Waals surface area contributed by atoms with E-state index in [-0.39, 0.29) is 23.3 Å². The molecule has 0 aliphatic rings. The summed E-state index contributed by atoms with van der Waals surface area (Å²) in [4.78, 5) is 0. The van der Waals surface area contributed by atoms with E-state index in [0.29, 0.717) is 6.07 Å². The Balaban J connectivity index is 2.30. The number of hydrogen-bond donors (Lipinski definition) is 0. The van der Waals surface area contributed by atoms with Gasteiger partial charge in [0, 0.05) is 23.8 Å². The van der Waals surface area contributed by atoms with E-state index in [4.69, 9.17) is 16.3 Å². The molecule has 0 bridgehead atoms. The number of ether oxygens (including phenoxy) is 1. The highest BCUT2D eigenvalue weighted by atomic mass is 35.5. The van der Waals surface area contributed by atoms with Gasteiger partial charge in [-0.3, -0.25) is 0 Å². The van der Waals surface area contributed by atoms with Gasteiger partial charge in [-0.25, -0.2) is 17.6 Å². The fourth-order valence-electron chi connectivity index (χ4n) is 1.96. The first-order valence-electron chi connectivity index (χ1n) is 6.03. The minimum absolute atomic E-state index is 0.0191. The first-order chi connectivity index (χ1) is 9.92. The number of halogens is 5. The average Bonchev–Trinajstić information content (AvgIpc) is 2.41. The van der Waals surface area contributed by atoms with Crippen LogP contribution in [-0.4, -0.2) is 7.11 Å². The zero-order chi connectivity index (χ0) is 15.6. The minimum Gasteiger partial charge on any atom is -0.497 e. The molecule has 21 heavy (non-hydrogen) atoms. The Labute approximate surface area is 124 Å². The maximum atomic E-state index is 13.9. The average molecular weight is 319 g/mol. The van der Waals surface area contributed by atoms with Crippen LogP contribution < -0.4 is 4.74 Å². The second-order valence-corrected chi connectivity index (χ2v) is 4.94. The Morgan fingerprint density at radius 1 is 1.00 bits per heavy atom. The van der Waals surface area contributed by atoms with E-state index in [1.54, 1.807) is 0 Å². The van der Waals surface area contributed by atoms with Crippen LogP contribution in [0.2, 0.25) is 0 Å². The van der Waals surface area contributed by atoms with E-state index < -0.39 is 28.6 Å². The molecule has 0 saturated heterocycles. The van der Waals surface area contributed by atoms with Gasteiger partial charge in [0.05, 0.1) is 12.5 Å². The first kappa shape index (κ1) is 15.6. The summed E-state index contributed by atoms with van der Waals surface area (Å²) in [5, 5.41) is -1.13. The minimum atomic E-state index is -1.13. The van der Waals surface area contributed by atoms with Gasteiger partial charge in [0.15, 0.2) is 0 Å². The number of methoxy groups -OCH3 is 1. The van der Waals surface area contributed by atoms with Crippen molar-refractivity contribution in [3.05, 3.63) is 64.7 Å². The zero-order valence-corrected chi connectivity index (χ0v) is 11.7. The number of benzene rings is 2. The quantitative estimate of drug-likeness (QED) is 0.582. The van der Waals surface area contributed by atoms with Crippen molar-refractivity contribution in [1.82, 2.24) is 0 Å². The Hall–Kier alpha value is -1.75. The Morgan fingerprint density at radius 3 is 2.14 bits per heavy atom. The molecule has 112 valence electrons. The topological polar surface area (TPSA) is 9.23 Å². The lowest BCUT2D eigenvalue weighted by atomic mass is 10.0. The number of alkyl halides is 1. The highest BCUT2D eigenvalue weighted by Gasteiger charge is 2.21. The van der Waals surface area contributed by atoms with Crippen molar-refractivity contribution in [3.8, 4) is 5.75 Å². The Bertz CT molecular complexity index is 637. The van der Waals surface area contributed by atoms with E-state index in [2.05, 4.69) is 0 Å². The van der Waals surface area contributed by atoms with Crippen molar-refractivity contribution in [2.24, 2.45) is 0 Å². The number of hydrogen-bond acceptors (Lipinski definition) is 1. The molecule has 2 rings (SSSR count). The molecule has 0 N–H and O–H groups in total. The maximum absolute atomic E-state index is 13.9. The summed E-state index contributed by atoms with van der Waals surface area (Å²) < 4.78 is 58.8. The van der Waals surface area contributed by atoms with Crippen molar-refractivity contribution in [1.29, 1.82) is 0 Å². The lowest BCUT2D eigenvalue weighted by molar-refractivity contribution is 0.405. The predicted octanol–water partition coefficient (Wildman–Crippen LogP) is 4.77. The van der Waals surface area contributed by atoms with E-state index in [1.807, 2.05) is 0 Å². The summed E-state index contributed by atoms with van der Waals surface area (Å²) in [6.45, 7) is 0.